The van der Waals surface area contributed by atoms with Crippen LogP contribution in [-0.2, 0) is 9.59 Å². The average molecular weight is 399 g/mol. The van der Waals surface area contributed by atoms with Crippen LogP contribution >= 0.6 is 0 Å². The van der Waals surface area contributed by atoms with Gasteiger partial charge in [0.15, 0.2) is 18.1 Å². The number of aromatic amines is 1. The van der Waals surface area contributed by atoms with Gasteiger partial charge in [-0.25, -0.2) is 4.98 Å². The van der Waals surface area contributed by atoms with Crippen molar-refractivity contribution in [3.8, 4) is 11.8 Å². The van der Waals surface area contributed by atoms with Gasteiger partial charge in [-0.2, -0.15) is 5.26 Å². The zero-order valence-electron chi connectivity index (χ0n) is 15.6. The SMILES string of the molecule is N#Cc1[nH]cnc1NC(=O)c1ccc(OCC(=O)N2CCCCC2)cc1.O=CO. The number of nitrogens with one attached hydrogen (secondary N) is 2. The van der Waals surface area contributed by atoms with Gasteiger partial charge < -0.3 is 25.0 Å². The molecule has 1 aromatic heterocycles. The van der Waals surface area contributed by atoms with Crippen molar-refractivity contribution in [2.24, 2.45) is 0 Å². The lowest BCUT2D eigenvalue weighted by molar-refractivity contribution is -0.134. The first kappa shape index (κ1) is 21.4. The summed E-state index contributed by atoms with van der Waals surface area (Å²) in [5, 5.41) is 18.4. The molecule has 0 unspecified atom stereocenters. The molecule has 1 aromatic carbocycles. The predicted octanol–water partition coefficient (Wildman–Crippen LogP) is 1.63. The van der Waals surface area contributed by atoms with E-state index in [0.717, 1.165) is 25.9 Å². The molecular formula is C19H21N5O5. The predicted molar refractivity (Wildman–Crippen MR) is 102 cm³/mol. The molecule has 0 aliphatic carbocycles. The molecule has 152 valence electrons. The summed E-state index contributed by atoms with van der Waals surface area (Å²) in [5.41, 5.74) is 0.584. The Hall–Kier alpha value is -3.87. The first-order chi connectivity index (χ1) is 14.1. The fourth-order valence-electron chi connectivity index (χ4n) is 2.74. The number of aromatic nitrogens is 2. The van der Waals surface area contributed by atoms with E-state index in [1.165, 1.54) is 12.7 Å². The summed E-state index contributed by atoms with van der Waals surface area (Å²) >= 11 is 0. The molecule has 2 heterocycles. The number of anilines is 1. The molecule has 1 aliphatic heterocycles. The summed E-state index contributed by atoms with van der Waals surface area (Å²) in [4.78, 5) is 41.0. The molecular weight excluding hydrogens is 378 g/mol. The van der Waals surface area contributed by atoms with Crippen molar-refractivity contribution >= 4 is 24.1 Å². The van der Waals surface area contributed by atoms with Crippen LogP contribution in [0, 0.1) is 11.3 Å². The monoisotopic (exact) mass is 399 g/mol. The first-order valence-electron chi connectivity index (χ1n) is 8.92. The normalized spacial score (nSPS) is 12.7. The van der Waals surface area contributed by atoms with Crippen LogP contribution in [-0.4, -0.2) is 58.0 Å². The highest BCUT2D eigenvalue weighted by molar-refractivity contribution is 6.04. The minimum Gasteiger partial charge on any atom is -0.484 e. The Bertz CT molecular complexity index is 866. The Morgan fingerprint density at radius 1 is 1.28 bits per heavy atom. The molecule has 0 bridgehead atoms. The molecule has 2 aromatic rings. The van der Waals surface area contributed by atoms with E-state index in [1.807, 2.05) is 11.0 Å². The van der Waals surface area contributed by atoms with E-state index in [0.29, 0.717) is 11.3 Å². The van der Waals surface area contributed by atoms with Crippen molar-refractivity contribution < 1.29 is 24.2 Å². The highest BCUT2D eigenvalue weighted by atomic mass is 16.5. The van der Waals surface area contributed by atoms with Crippen LogP contribution in [0.5, 0.6) is 5.75 Å². The summed E-state index contributed by atoms with van der Waals surface area (Å²) in [6, 6.07) is 8.36. The number of carbonyl (C=O) groups is 3. The van der Waals surface area contributed by atoms with Crippen LogP contribution in [0.3, 0.4) is 0 Å². The van der Waals surface area contributed by atoms with Gasteiger partial charge in [0.05, 0.1) is 6.33 Å². The number of hydrogen-bond acceptors (Lipinski definition) is 6. The fourth-order valence-corrected chi connectivity index (χ4v) is 2.74. The van der Waals surface area contributed by atoms with Crippen molar-refractivity contribution in [3.05, 3.63) is 41.9 Å². The summed E-state index contributed by atoms with van der Waals surface area (Å²) in [6.45, 7) is 1.32. The number of piperidine rings is 1. The molecule has 29 heavy (non-hydrogen) atoms. The molecule has 2 amide bonds. The lowest BCUT2D eigenvalue weighted by Gasteiger charge is -2.26. The first-order valence-corrected chi connectivity index (χ1v) is 8.92. The van der Waals surface area contributed by atoms with Crippen molar-refractivity contribution in [1.82, 2.24) is 14.9 Å². The van der Waals surface area contributed by atoms with Crippen molar-refractivity contribution in [3.63, 3.8) is 0 Å². The number of nitriles is 1. The Morgan fingerprint density at radius 2 is 1.93 bits per heavy atom. The largest absolute Gasteiger partial charge is 0.484 e. The highest BCUT2D eigenvalue weighted by Gasteiger charge is 2.17. The number of rotatable bonds is 5. The van der Waals surface area contributed by atoms with E-state index in [1.54, 1.807) is 24.3 Å². The van der Waals surface area contributed by atoms with Gasteiger partial charge in [0.25, 0.3) is 18.3 Å². The quantitative estimate of drug-likeness (QED) is 0.647. The number of hydrogen-bond donors (Lipinski definition) is 3. The Balaban J connectivity index is 0.000000941. The van der Waals surface area contributed by atoms with Gasteiger partial charge in [-0.3, -0.25) is 14.4 Å². The third-order valence-corrected chi connectivity index (χ3v) is 4.17. The minimum atomic E-state index is -0.385. The smallest absolute Gasteiger partial charge is 0.290 e. The summed E-state index contributed by atoms with van der Waals surface area (Å²) in [5.74, 6) is 0.299. The van der Waals surface area contributed by atoms with E-state index in [-0.39, 0.29) is 36.4 Å². The third-order valence-electron chi connectivity index (χ3n) is 4.17. The zero-order valence-corrected chi connectivity index (χ0v) is 15.6. The number of amides is 2. The Kier molecular flexibility index (Phi) is 8.19. The average Bonchev–Trinajstić information content (AvgIpc) is 3.20. The standard InChI is InChI=1S/C18H19N5O3.CH2O2/c19-10-15-17(21-12-20-15)22-18(25)13-4-6-14(7-5-13)26-11-16(24)23-8-2-1-3-9-23;2-1-3/h4-7,12H,1-3,8-9,11H2,(H,20,21)(H,22,25);1H,(H,2,3). The fraction of sp³-hybridized carbons (Fsp3) is 0.316. The van der Waals surface area contributed by atoms with Crippen LogP contribution < -0.4 is 10.1 Å². The van der Waals surface area contributed by atoms with Crippen LogP contribution in [0.25, 0.3) is 0 Å². The number of carbonyl (C=O) groups excluding carboxylic acids is 2. The number of H-pyrrole nitrogens is 1. The van der Waals surface area contributed by atoms with E-state index in [9.17, 15) is 9.59 Å². The second-order valence-electron chi connectivity index (χ2n) is 6.05. The molecule has 1 fully saturated rings. The molecule has 1 saturated heterocycles. The maximum absolute atomic E-state index is 12.2. The molecule has 3 rings (SSSR count). The molecule has 1 aliphatic rings. The lowest BCUT2D eigenvalue weighted by atomic mass is 10.1. The second kappa shape index (κ2) is 11.1. The topological polar surface area (TPSA) is 148 Å². The van der Waals surface area contributed by atoms with E-state index >= 15 is 0 Å². The number of carboxylic acid groups (broad SMARTS) is 1. The van der Waals surface area contributed by atoms with Gasteiger partial charge in [-0.1, -0.05) is 0 Å². The number of imidazole rings is 1. The van der Waals surface area contributed by atoms with E-state index in [2.05, 4.69) is 15.3 Å². The molecule has 10 heteroatoms. The maximum Gasteiger partial charge on any atom is 0.290 e. The van der Waals surface area contributed by atoms with Gasteiger partial charge >= 0.3 is 0 Å². The second-order valence-corrected chi connectivity index (χ2v) is 6.05. The summed E-state index contributed by atoms with van der Waals surface area (Å²) in [6.07, 6.45) is 4.59. The number of benzene rings is 1. The van der Waals surface area contributed by atoms with Gasteiger partial charge in [-0.05, 0) is 43.5 Å². The highest BCUT2D eigenvalue weighted by Crippen LogP contribution is 2.15. The van der Waals surface area contributed by atoms with Crippen LogP contribution in [0.2, 0.25) is 0 Å². The molecule has 3 N–H and O–H groups in total. The van der Waals surface area contributed by atoms with Crippen molar-refractivity contribution in [2.75, 3.05) is 25.0 Å². The number of ether oxygens (including phenoxy) is 1. The molecule has 0 radical (unpaired) electrons. The van der Waals surface area contributed by atoms with E-state index in [4.69, 9.17) is 19.9 Å². The van der Waals surface area contributed by atoms with E-state index < -0.39 is 0 Å². The summed E-state index contributed by atoms with van der Waals surface area (Å²) < 4.78 is 5.51. The molecule has 0 atom stereocenters. The molecule has 0 spiro atoms. The summed E-state index contributed by atoms with van der Waals surface area (Å²) in [7, 11) is 0. The third kappa shape index (κ3) is 6.35. The molecule has 0 saturated carbocycles. The zero-order chi connectivity index (χ0) is 21.1. The van der Waals surface area contributed by atoms with Crippen LogP contribution in [0.1, 0.15) is 35.3 Å². The van der Waals surface area contributed by atoms with Gasteiger partial charge in [0.1, 0.15) is 11.8 Å². The van der Waals surface area contributed by atoms with Crippen LogP contribution in [0.15, 0.2) is 30.6 Å². The van der Waals surface area contributed by atoms with Gasteiger partial charge in [0.2, 0.25) is 0 Å². The van der Waals surface area contributed by atoms with Gasteiger partial charge in [-0.15, -0.1) is 0 Å². The van der Waals surface area contributed by atoms with Crippen LogP contribution in [0.4, 0.5) is 5.82 Å². The molecule has 10 nitrogen and oxygen atoms in total. The Labute approximate surface area is 167 Å². The Morgan fingerprint density at radius 3 is 2.55 bits per heavy atom. The van der Waals surface area contributed by atoms with Crippen molar-refractivity contribution in [2.45, 2.75) is 19.3 Å². The van der Waals surface area contributed by atoms with Crippen molar-refractivity contribution in [1.29, 1.82) is 5.26 Å². The van der Waals surface area contributed by atoms with Gasteiger partial charge in [0, 0.05) is 18.7 Å². The number of nitrogens with zero attached hydrogens (tertiary/aromatic N) is 3. The maximum atomic E-state index is 12.2. The minimum absolute atomic E-state index is 0.00958. The lowest BCUT2D eigenvalue weighted by Crippen LogP contribution is -2.38. The number of likely N-dealkylation sites (tertiary alicyclic amines) is 1.